The van der Waals surface area contributed by atoms with Crippen molar-refractivity contribution in [2.45, 2.75) is 6.61 Å². The van der Waals surface area contributed by atoms with Gasteiger partial charge in [-0.05, 0) is 30.3 Å². The van der Waals surface area contributed by atoms with Gasteiger partial charge in [0.15, 0.2) is 11.6 Å². The van der Waals surface area contributed by atoms with Gasteiger partial charge in [-0.15, -0.1) is 11.3 Å². The number of aromatic nitrogens is 1. The van der Waals surface area contributed by atoms with Crippen LogP contribution in [0.1, 0.15) is 25.9 Å². The van der Waals surface area contributed by atoms with Gasteiger partial charge < -0.3 is 15.4 Å². The highest BCUT2D eigenvalue weighted by atomic mass is 32.1. The molecule has 29 heavy (non-hydrogen) atoms. The molecule has 0 atom stereocenters. The van der Waals surface area contributed by atoms with E-state index in [0.717, 1.165) is 6.07 Å². The molecule has 1 aromatic heterocycles. The number of rotatable bonds is 8. The summed E-state index contributed by atoms with van der Waals surface area (Å²) in [6.07, 6.45) is 0. The number of ether oxygens (including phenoxy) is 1. The van der Waals surface area contributed by atoms with Gasteiger partial charge in [0.25, 0.3) is 11.8 Å². The van der Waals surface area contributed by atoms with E-state index in [-0.39, 0.29) is 36.7 Å². The number of thiazole rings is 1. The molecule has 0 spiro atoms. The second-order valence-electron chi connectivity index (χ2n) is 5.87. The zero-order chi connectivity index (χ0) is 20.6. The number of carbonyl (C=O) groups is 2. The topological polar surface area (TPSA) is 80.3 Å². The van der Waals surface area contributed by atoms with Gasteiger partial charge in [0.1, 0.15) is 23.1 Å². The van der Waals surface area contributed by atoms with E-state index in [2.05, 4.69) is 15.6 Å². The summed E-state index contributed by atoms with van der Waals surface area (Å²) >= 11 is 1.22. The maximum atomic E-state index is 13.5. The van der Waals surface area contributed by atoms with Crippen LogP contribution in [0.25, 0.3) is 0 Å². The van der Waals surface area contributed by atoms with Crippen LogP contribution in [-0.2, 0) is 6.61 Å². The summed E-state index contributed by atoms with van der Waals surface area (Å²) in [7, 11) is 0. The summed E-state index contributed by atoms with van der Waals surface area (Å²) in [5.41, 5.74) is 0.411. The van der Waals surface area contributed by atoms with Gasteiger partial charge in [-0.1, -0.05) is 18.2 Å². The van der Waals surface area contributed by atoms with Crippen molar-refractivity contribution < 1.29 is 23.1 Å². The van der Waals surface area contributed by atoms with E-state index in [1.165, 1.54) is 41.7 Å². The fourth-order valence-corrected chi connectivity index (χ4v) is 3.04. The molecule has 0 saturated heterocycles. The van der Waals surface area contributed by atoms with Crippen molar-refractivity contribution in [1.82, 2.24) is 15.6 Å². The Hall–Kier alpha value is -3.33. The number of amides is 2. The molecule has 2 aromatic carbocycles. The fourth-order valence-electron chi connectivity index (χ4n) is 2.36. The maximum Gasteiger partial charge on any atom is 0.270 e. The molecule has 6 nitrogen and oxygen atoms in total. The van der Waals surface area contributed by atoms with Gasteiger partial charge >= 0.3 is 0 Å². The van der Waals surface area contributed by atoms with Crippen molar-refractivity contribution in [1.29, 1.82) is 0 Å². The predicted molar refractivity (Wildman–Crippen MR) is 104 cm³/mol. The molecule has 150 valence electrons. The van der Waals surface area contributed by atoms with E-state index in [9.17, 15) is 18.4 Å². The highest BCUT2D eigenvalue weighted by Gasteiger charge is 2.12. The number of halogens is 2. The van der Waals surface area contributed by atoms with Crippen LogP contribution in [0, 0.1) is 11.6 Å². The zero-order valence-corrected chi connectivity index (χ0v) is 16.0. The molecule has 0 aliphatic heterocycles. The highest BCUT2D eigenvalue weighted by Crippen LogP contribution is 2.18. The average Bonchev–Trinajstić information content (AvgIpc) is 3.19. The molecule has 0 bridgehead atoms. The third-order valence-electron chi connectivity index (χ3n) is 3.76. The fraction of sp³-hybridized carbons (Fsp3) is 0.150. The number of nitrogens with one attached hydrogen (secondary N) is 2. The monoisotopic (exact) mass is 417 g/mol. The Bertz CT molecular complexity index is 1010. The summed E-state index contributed by atoms with van der Waals surface area (Å²) in [6, 6.07) is 11.4. The van der Waals surface area contributed by atoms with Crippen LogP contribution in [0.4, 0.5) is 8.78 Å². The largest absolute Gasteiger partial charge is 0.483 e. The third-order valence-corrected chi connectivity index (χ3v) is 4.58. The smallest absolute Gasteiger partial charge is 0.270 e. The van der Waals surface area contributed by atoms with E-state index in [1.807, 2.05) is 0 Å². The Morgan fingerprint density at radius 1 is 1.00 bits per heavy atom. The number of benzene rings is 2. The van der Waals surface area contributed by atoms with Crippen molar-refractivity contribution in [3.8, 4) is 5.75 Å². The van der Waals surface area contributed by atoms with E-state index < -0.39 is 23.4 Å². The van der Waals surface area contributed by atoms with Gasteiger partial charge in [0, 0.05) is 24.0 Å². The van der Waals surface area contributed by atoms with Crippen molar-refractivity contribution >= 4 is 23.2 Å². The summed E-state index contributed by atoms with van der Waals surface area (Å²) in [6.45, 7) is 0.398. The Balaban J connectivity index is 1.42. The Labute approximate surface area is 169 Å². The van der Waals surface area contributed by atoms with Gasteiger partial charge in [-0.25, -0.2) is 13.8 Å². The minimum absolute atomic E-state index is 0.0442. The second-order valence-corrected chi connectivity index (χ2v) is 6.81. The van der Waals surface area contributed by atoms with Crippen molar-refractivity contribution in [2.24, 2.45) is 0 Å². The van der Waals surface area contributed by atoms with Crippen LogP contribution in [-0.4, -0.2) is 29.9 Å². The molecular weight excluding hydrogens is 400 g/mol. The molecule has 0 unspecified atom stereocenters. The van der Waals surface area contributed by atoms with E-state index >= 15 is 0 Å². The number of hydrogen-bond acceptors (Lipinski definition) is 5. The summed E-state index contributed by atoms with van der Waals surface area (Å²) in [5, 5.41) is 7.31. The summed E-state index contributed by atoms with van der Waals surface area (Å²) in [5.74, 6) is -1.69. The number of hydrogen-bond donors (Lipinski definition) is 2. The Morgan fingerprint density at radius 3 is 2.52 bits per heavy atom. The van der Waals surface area contributed by atoms with Crippen molar-refractivity contribution in [2.75, 3.05) is 13.1 Å². The SMILES string of the molecule is O=C(NCCNC(=O)c1csc(COc2ccccc2F)n1)c1cccc(F)c1. The first-order chi connectivity index (χ1) is 14.0. The third kappa shape index (κ3) is 5.82. The first-order valence-corrected chi connectivity index (χ1v) is 9.54. The maximum absolute atomic E-state index is 13.5. The van der Waals surface area contributed by atoms with Gasteiger partial charge in [0.05, 0.1) is 0 Å². The molecule has 1 heterocycles. The predicted octanol–water partition coefficient (Wildman–Crippen LogP) is 3.16. The zero-order valence-electron chi connectivity index (χ0n) is 15.2. The van der Waals surface area contributed by atoms with Crippen LogP contribution in [0.15, 0.2) is 53.9 Å². The Kier molecular flexibility index (Phi) is 6.85. The molecule has 0 aliphatic rings. The molecule has 2 amide bonds. The molecule has 0 saturated carbocycles. The minimum atomic E-state index is -0.496. The highest BCUT2D eigenvalue weighted by molar-refractivity contribution is 7.09. The molecule has 9 heteroatoms. The molecular formula is C20H17F2N3O3S. The van der Waals surface area contributed by atoms with Crippen LogP contribution in [0.3, 0.4) is 0 Å². The quantitative estimate of drug-likeness (QED) is 0.552. The lowest BCUT2D eigenvalue weighted by Crippen LogP contribution is -2.34. The molecule has 0 fully saturated rings. The molecule has 0 aliphatic carbocycles. The number of carbonyl (C=O) groups excluding carboxylic acids is 2. The second kappa shape index (κ2) is 9.74. The lowest BCUT2D eigenvalue weighted by molar-refractivity contribution is 0.0925. The lowest BCUT2D eigenvalue weighted by Gasteiger charge is -2.06. The first kappa shape index (κ1) is 20.4. The van der Waals surface area contributed by atoms with E-state index in [0.29, 0.717) is 5.01 Å². The van der Waals surface area contributed by atoms with Gasteiger partial charge in [0.2, 0.25) is 0 Å². The summed E-state index contributed by atoms with van der Waals surface area (Å²) < 4.78 is 32.0. The Morgan fingerprint density at radius 2 is 1.76 bits per heavy atom. The average molecular weight is 417 g/mol. The van der Waals surface area contributed by atoms with Gasteiger partial charge in [-0.3, -0.25) is 9.59 Å². The molecule has 3 aromatic rings. The number of nitrogens with zero attached hydrogens (tertiary/aromatic N) is 1. The normalized spacial score (nSPS) is 10.4. The minimum Gasteiger partial charge on any atom is -0.483 e. The summed E-state index contributed by atoms with van der Waals surface area (Å²) in [4.78, 5) is 28.2. The van der Waals surface area contributed by atoms with Crippen LogP contribution < -0.4 is 15.4 Å². The lowest BCUT2D eigenvalue weighted by atomic mass is 10.2. The van der Waals surface area contributed by atoms with Crippen LogP contribution >= 0.6 is 11.3 Å². The van der Waals surface area contributed by atoms with E-state index in [4.69, 9.17) is 4.74 Å². The molecule has 2 N–H and O–H groups in total. The number of para-hydroxylation sites is 1. The molecule has 3 rings (SSSR count). The van der Waals surface area contributed by atoms with E-state index in [1.54, 1.807) is 17.5 Å². The standard InChI is InChI=1S/C20H17F2N3O3S/c21-14-5-3-4-13(10-14)19(26)23-8-9-24-20(27)16-12-29-18(25-16)11-28-17-7-2-1-6-15(17)22/h1-7,10,12H,8-9,11H2,(H,23,26)(H,24,27). The van der Waals surface area contributed by atoms with Crippen LogP contribution in [0.2, 0.25) is 0 Å². The first-order valence-electron chi connectivity index (χ1n) is 8.66. The molecule has 0 radical (unpaired) electrons. The van der Waals surface area contributed by atoms with Gasteiger partial charge in [-0.2, -0.15) is 0 Å². The van der Waals surface area contributed by atoms with Crippen LogP contribution in [0.5, 0.6) is 5.75 Å². The van der Waals surface area contributed by atoms with Crippen molar-refractivity contribution in [3.05, 3.63) is 81.8 Å². The van der Waals surface area contributed by atoms with Crippen molar-refractivity contribution in [3.63, 3.8) is 0 Å².